The van der Waals surface area contributed by atoms with Crippen molar-refractivity contribution < 1.29 is 4.79 Å². The van der Waals surface area contributed by atoms with Crippen molar-refractivity contribution in [3.8, 4) is 0 Å². The number of rotatable bonds is 4. The number of carbonyl (C=O) groups excluding carboxylic acids is 1. The lowest BCUT2D eigenvalue weighted by atomic mass is 10.1. The van der Waals surface area contributed by atoms with E-state index in [9.17, 15) is 4.79 Å². The third-order valence-corrected chi connectivity index (χ3v) is 5.35. The summed E-state index contributed by atoms with van der Waals surface area (Å²) < 4.78 is 0. The summed E-state index contributed by atoms with van der Waals surface area (Å²) in [5, 5.41) is 0.710. The molecule has 4 heteroatoms. The molecule has 0 aliphatic heterocycles. The topological polar surface area (TPSA) is 46.3 Å². The Bertz CT molecular complexity index is 489. The van der Waals surface area contributed by atoms with E-state index in [1.807, 2.05) is 42.8 Å². The van der Waals surface area contributed by atoms with Crippen molar-refractivity contribution in [1.29, 1.82) is 0 Å². The molecule has 3 nitrogen and oxygen atoms in total. The number of amides is 1. The number of thioether (sulfide) groups is 1. The molecule has 1 fully saturated rings. The zero-order chi connectivity index (χ0) is 14.7. The summed E-state index contributed by atoms with van der Waals surface area (Å²) >= 11 is 2.02. The van der Waals surface area contributed by atoms with Crippen molar-refractivity contribution in [3.63, 3.8) is 0 Å². The molecule has 2 rings (SSSR count). The normalized spacial score (nSPS) is 21.9. The van der Waals surface area contributed by atoms with Crippen molar-refractivity contribution >= 4 is 23.4 Å². The third kappa shape index (κ3) is 3.29. The zero-order valence-corrected chi connectivity index (χ0v) is 13.4. The molecule has 1 aliphatic rings. The van der Waals surface area contributed by atoms with Crippen molar-refractivity contribution in [2.45, 2.75) is 44.4 Å². The van der Waals surface area contributed by atoms with Gasteiger partial charge in [0.25, 0.3) is 5.91 Å². The first-order valence-electron chi connectivity index (χ1n) is 7.27. The smallest absolute Gasteiger partial charge is 0.254 e. The van der Waals surface area contributed by atoms with Gasteiger partial charge in [-0.2, -0.15) is 11.8 Å². The van der Waals surface area contributed by atoms with Crippen LogP contribution in [0.3, 0.4) is 0 Å². The van der Waals surface area contributed by atoms with Crippen molar-refractivity contribution in [1.82, 2.24) is 4.90 Å². The Balaban J connectivity index is 2.07. The van der Waals surface area contributed by atoms with Crippen molar-refractivity contribution in [3.05, 3.63) is 29.3 Å². The standard InChI is InChI=1S/C16H24N2OS/c1-4-20-14-8-7-13(10-14)18(3)16(19)15-9-12(17)6-5-11(15)2/h5-6,9,13-14H,4,7-8,10,17H2,1-3H3. The summed E-state index contributed by atoms with van der Waals surface area (Å²) in [5.41, 5.74) is 8.19. The molecule has 1 amide bonds. The maximum Gasteiger partial charge on any atom is 0.254 e. The molecule has 0 bridgehead atoms. The molecule has 0 heterocycles. The van der Waals surface area contributed by atoms with E-state index in [1.54, 1.807) is 6.07 Å². The van der Waals surface area contributed by atoms with Crippen LogP contribution in [0.25, 0.3) is 0 Å². The van der Waals surface area contributed by atoms with Gasteiger partial charge in [0.05, 0.1) is 0 Å². The van der Waals surface area contributed by atoms with Crippen LogP contribution in [0.5, 0.6) is 0 Å². The van der Waals surface area contributed by atoms with E-state index < -0.39 is 0 Å². The fourth-order valence-corrected chi connectivity index (χ4v) is 4.01. The van der Waals surface area contributed by atoms with Gasteiger partial charge < -0.3 is 10.6 Å². The largest absolute Gasteiger partial charge is 0.399 e. The number of aryl methyl sites for hydroxylation is 1. The SMILES string of the molecule is CCSC1CCC(N(C)C(=O)c2cc(N)ccc2C)C1. The molecule has 0 radical (unpaired) electrons. The lowest BCUT2D eigenvalue weighted by Gasteiger charge is -2.25. The molecule has 0 spiro atoms. The minimum absolute atomic E-state index is 0.0990. The summed E-state index contributed by atoms with van der Waals surface area (Å²) in [6.07, 6.45) is 3.44. The molecule has 1 saturated carbocycles. The lowest BCUT2D eigenvalue weighted by Crippen LogP contribution is -2.36. The number of carbonyl (C=O) groups is 1. The molecular weight excluding hydrogens is 268 g/mol. The molecule has 20 heavy (non-hydrogen) atoms. The third-order valence-electron chi connectivity index (χ3n) is 4.12. The number of nitrogens with zero attached hydrogens (tertiary/aromatic N) is 1. The van der Waals surface area contributed by atoms with Gasteiger partial charge in [0.1, 0.15) is 0 Å². The Labute approximate surface area is 125 Å². The van der Waals surface area contributed by atoms with Gasteiger partial charge in [-0.15, -0.1) is 0 Å². The van der Waals surface area contributed by atoms with Crippen LogP contribution in [0.4, 0.5) is 5.69 Å². The van der Waals surface area contributed by atoms with E-state index in [2.05, 4.69) is 6.92 Å². The van der Waals surface area contributed by atoms with Crippen LogP contribution < -0.4 is 5.73 Å². The second-order valence-corrected chi connectivity index (χ2v) is 7.11. The number of hydrogen-bond donors (Lipinski definition) is 1. The Kier molecular flexibility index (Phi) is 4.97. The Morgan fingerprint density at radius 3 is 2.90 bits per heavy atom. The second kappa shape index (κ2) is 6.53. The van der Waals surface area contributed by atoms with Crippen LogP contribution in [-0.2, 0) is 0 Å². The highest BCUT2D eigenvalue weighted by molar-refractivity contribution is 7.99. The Hall–Kier alpha value is -1.16. The highest BCUT2D eigenvalue weighted by atomic mass is 32.2. The predicted molar refractivity (Wildman–Crippen MR) is 87.2 cm³/mol. The predicted octanol–water partition coefficient (Wildman–Crippen LogP) is 3.32. The molecule has 2 unspecified atom stereocenters. The Morgan fingerprint density at radius 1 is 1.45 bits per heavy atom. The van der Waals surface area contributed by atoms with Gasteiger partial charge in [-0.25, -0.2) is 0 Å². The number of benzene rings is 1. The lowest BCUT2D eigenvalue weighted by molar-refractivity contribution is 0.0735. The molecule has 0 aromatic heterocycles. The van der Waals surface area contributed by atoms with Gasteiger partial charge in [-0.1, -0.05) is 13.0 Å². The quantitative estimate of drug-likeness (QED) is 0.866. The first-order valence-corrected chi connectivity index (χ1v) is 8.32. The Morgan fingerprint density at radius 2 is 2.20 bits per heavy atom. The molecule has 2 N–H and O–H groups in total. The maximum atomic E-state index is 12.6. The minimum atomic E-state index is 0.0990. The van der Waals surface area contributed by atoms with Gasteiger partial charge in [-0.3, -0.25) is 4.79 Å². The summed E-state index contributed by atoms with van der Waals surface area (Å²) in [6, 6.07) is 5.92. The first kappa shape index (κ1) is 15.2. The summed E-state index contributed by atoms with van der Waals surface area (Å²) in [5.74, 6) is 1.26. The van der Waals surface area contributed by atoms with Crippen LogP contribution >= 0.6 is 11.8 Å². The molecule has 1 aromatic carbocycles. The van der Waals surface area contributed by atoms with Gasteiger partial charge in [0.15, 0.2) is 0 Å². The van der Waals surface area contributed by atoms with E-state index >= 15 is 0 Å². The first-order chi connectivity index (χ1) is 9.52. The number of nitrogens with two attached hydrogens (primary N) is 1. The molecule has 1 aliphatic carbocycles. The van der Waals surface area contributed by atoms with E-state index in [1.165, 1.54) is 6.42 Å². The van der Waals surface area contributed by atoms with Crippen LogP contribution in [0.1, 0.15) is 42.1 Å². The maximum absolute atomic E-state index is 12.6. The molecular formula is C16H24N2OS. The van der Waals surface area contributed by atoms with E-state index in [0.29, 0.717) is 17.0 Å². The van der Waals surface area contributed by atoms with Crippen LogP contribution in [0.2, 0.25) is 0 Å². The summed E-state index contributed by atoms with van der Waals surface area (Å²) in [6.45, 7) is 4.16. The van der Waals surface area contributed by atoms with Crippen LogP contribution in [0.15, 0.2) is 18.2 Å². The second-order valence-electron chi connectivity index (χ2n) is 5.53. The van der Waals surface area contributed by atoms with Crippen molar-refractivity contribution in [2.75, 3.05) is 18.5 Å². The van der Waals surface area contributed by atoms with E-state index in [-0.39, 0.29) is 5.91 Å². The molecule has 0 saturated heterocycles. The molecule has 2 atom stereocenters. The highest BCUT2D eigenvalue weighted by Crippen LogP contribution is 2.32. The van der Waals surface area contributed by atoms with Gasteiger partial charge in [0.2, 0.25) is 0 Å². The number of hydrogen-bond acceptors (Lipinski definition) is 3. The van der Waals surface area contributed by atoms with Crippen molar-refractivity contribution in [2.24, 2.45) is 0 Å². The fourth-order valence-electron chi connectivity index (χ4n) is 2.88. The number of nitrogen functional groups attached to an aromatic ring is 1. The molecule has 110 valence electrons. The van der Waals surface area contributed by atoms with E-state index in [4.69, 9.17) is 5.73 Å². The summed E-state index contributed by atoms with van der Waals surface area (Å²) in [7, 11) is 1.93. The monoisotopic (exact) mass is 292 g/mol. The van der Waals surface area contributed by atoms with Crippen LogP contribution in [-0.4, -0.2) is 34.9 Å². The molecule has 1 aromatic rings. The average molecular weight is 292 g/mol. The van der Waals surface area contributed by atoms with E-state index in [0.717, 1.165) is 29.7 Å². The van der Waals surface area contributed by atoms with Gasteiger partial charge >= 0.3 is 0 Å². The van der Waals surface area contributed by atoms with Gasteiger partial charge in [-0.05, 0) is 49.6 Å². The highest BCUT2D eigenvalue weighted by Gasteiger charge is 2.30. The average Bonchev–Trinajstić information content (AvgIpc) is 2.89. The number of anilines is 1. The zero-order valence-electron chi connectivity index (χ0n) is 12.6. The fraction of sp³-hybridized carbons (Fsp3) is 0.562. The summed E-state index contributed by atoms with van der Waals surface area (Å²) in [4.78, 5) is 14.5. The van der Waals surface area contributed by atoms with Gasteiger partial charge in [0, 0.05) is 29.6 Å². The van der Waals surface area contributed by atoms with Crippen LogP contribution in [0, 0.1) is 6.92 Å². The minimum Gasteiger partial charge on any atom is -0.399 e.